The number of carbonyl (C=O) groups excluding carboxylic acids is 1. The summed E-state index contributed by atoms with van der Waals surface area (Å²) in [6.07, 6.45) is 11.7. The molecule has 0 unspecified atom stereocenters. The van der Waals surface area contributed by atoms with Gasteiger partial charge in [-0.1, -0.05) is 30.3 Å². The SMILES string of the molecule is O=C(N1CCN(CCn2ccnc2-c2ccccc2)CC1)C12CC3CC(CC(C3)C1)C2. The molecule has 1 aromatic heterocycles. The van der Waals surface area contributed by atoms with Gasteiger partial charge in [0.1, 0.15) is 5.82 Å². The number of carbonyl (C=O) groups is 1. The summed E-state index contributed by atoms with van der Waals surface area (Å²) in [5, 5.41) is 0. The highest BCUT2D eigenvalue weighted by Gasteiger charge is 2.55. The fourth-order valence-corrected chi connectivity index (χ4v) is 7.47. The topological polar surface area (TPSA) is 41.4 Å². The zero-order chi connectivity index (χ0) is 20.8. The number of nitrogens with zero attached hydrogens (tertiary/aromatic N) is 4. The quantitative estimate of drug-likeness (QED) is 0.739. The van der Waals surface area contributed by atoms with Crippen LogP contribution in [-0.2, 0) is 11.3 Å². The zero-order valence-electron chi connectivity index (χ0n) is 18.5. The van der Waals surface area contributed by atoms with Gasteiger partial charge in [0.05, 0.1) is 5.41 Å². The van der Waals surface area contributed by atoms with Crippen molar-refractivity contribution >= 4 is 5.91 Å². The Balaban J connectivity index is 1.05. The van der Waals surface area contributed by atoms with E-state index in [1.807, 2.05) is 12.3 Å². The van der Waals surface area contributed by atoms with Crippen LogP contribution in [0.5, 0.6) is 0 Å². The maximum absolute atomic E-state index is 13.6. The normalized spacial score (nSPS) is 32.5. The summed E-state index contributed by atoms with van der Waals surface area (Å²) < 4.78 is 2.25. The van der Waals surface area contributed by atoms with E-state index in [9.17, 15) is 4.79 Å². The lowest BCUT2D eigenvalue weighted by Crippen LogP contribution is -2.58. The molecule has 5 fully saturated rings. The number of amides is 1. The summed E-state index contributed by atoms with van der Waals surface area (Å²) in [5.41, 5.74) is 1.18. The maximum atomic E-state index is 13.6. The van der Waals surface area contributed by atoms with Crippen LogP contribution < -0.4 is 0 Å². The van der Waals surface area contributed by atoms with Crippen LogP contribution in [0.1, 0.15) is 38.5 Å². The van der Waals surface area contributed by atoms with Gasteiger partial charge in [-0.25, -0.2) is 4.98 Å². The first-order valence-electron chi connectivity index (χ1n) is 12.3. The summed E-state index contributed by atoms with van der Waals surface area (Å²) in [4.78, 5) is 22.9. The Morgan fingerprint density at radius 2 is 1.55 bits per heavy atom. The van der Waals surface area contributed by atoms with Crippen LogP contribution in [0.3, 0.4) is 0 Å². The second kappa shape index (κ2) is 7.77. The first-order valence-corrected chi connectivity index (χ1v) is 12.3. The average Bonchev–Trinajstić information content (AvgIpc) is 3.26. The first kappa shape index (κ1) is 19.5. The molecule has 5 heteroatoms. The highest BCUT2D eigenvalue weighted by Crippen LogP contribution is 2.60. The molecular weight excluding hydrogens is 384 g/mol. The average molecular weight is 419 g/mol. The molecule has 1 saturated heterocycles. The third-order valence-electron chi connectivity index (χ3n) is 8.56. The van der Waals surface area contributed by atoms with Gasteiger partial charge in [-0.15, -0.1) is 0 Å². The molecular formula is C26H34N4O. The molecule has 0 atom stereocenters. The molecule has 1 aromatic carbocycles. The van der Waals surface area contributed by atoms with Gasteiger partial charge in [-0.05, 0) is 56.3 Å². The Bertz CT molecular complexity index is 893. The third-order valence-corrected chi connectivity index (χ3v) is 8.56. The maximum Gasteiger partial charge on any atom is 0.228 e. The van der Waals surface area contributed by atoms with E-state index in [1.165, 1.54) is 44.1 Å². The largest absolute Gasteiger partial charge is 0.340 e. The number of rotatable bonds is 5. The molecule has 0 spiro atoms. The van der Waals surface area contributed by atoms with E-state index in [0.29, 0.717) is 5.91 Å². The molecule has 0 radical (unpaired) electrons. The van der Waals surface area contributed by atoms with Crippen molar-refractivity contribution < 1.29 is 4.79 Å². The van der Waals surface area contributed by atoms with Crippen molar-refractivity contribution in [3.05, 3.63) is 42.7 Å². The fraction of sp³-hybridized carbons (Fsp3) is 0.615. The summed E-state index contributed by atoms with van der Waals surface area (Å²) in [6.45, 7) is 5.73. The lowest BCUT2D eigenvalue weighted by Gasteiger charge is -2.57. The highest BCUT2D eigenvalue weighted by molar-refractivity contribution is 5.83. The van der Waals surface area contributed by atoms with Gasteiger partial charge in [0.2, 0.25) is 5.91 Å². The fourth-order valence-electron chi connectivity index (χ4n) is 7.47. The van der Waals surface area contributed by atoms with Crippen molar-refractivity contribution in [1.82, 2.24) is 19.4 Å². The molecule has 0 N–H and O–H groups in total. The van der Waals surface area contributed by atoms with E-state index in [1.54, 1.807) is 0 Å². The van der Waals surface area contributed by atoms with Gasteiger partial charge in [-0.2, -0.15) is 0 Å². The molecule has 5 aliphatic rings. The number of imidazole rings is 1. The lowest BCUT2D eigenvalue weighted by molar-refractivity contribution is -0.159. The van der Waals surface area contributed by atoms with Gasteiger partial charge in [0.15, 0.2) is 0 Å². The van der Waals surface area contributed by atoms with E-state index in [0.717, 1.165) is 62.8 Å². The smallest absolute Gasteiger partial charge is 0.228 e. The van der Waals surface area contributed by atoms with Crippen molar-refractivity contribution in [2.45, 2.75) is 45.1 Å². The first-order chi connectivity index (χ1) is 15.2. The number of piperazine rings is 1. The molecule has 4 saturated carbocycles. The van der Waals surface area contributed by atoms with Crippen LogP contribution >= 0.6 is 0 Å². The van der Waals surface area contributed by atoms with Crippen molar-refractivity contribution in [3.63, 3.8) is 0 Å². The number of aromatic nitrogens is 2. The van der Waals surface area contributed by atoms with Crippen LogP contribution in [0, 0.1) is 23.2 Å². The van der Waals surface area contributed by atoms with Gasteiger partial charge in [-0.3, -0.25) is 9.69 Å². The Morgan fingerprint density at radius 1 is 0.903 bits per heavy atom. The van der Waals surface area contributed by atoms with E-state index in [4.69, 9.17) is 0 Å². The molecule has 1 amide bonds. The van der Waals surface area contributed by atoms with Gasteiger partial charge < -0.3 is 9.47 Å². The Labute approximate surface area is 185 Å². The highest BCUT2D eigenvalue weighted by atomic mass is 16.2. The monoisotopic (exact) mass is 418 g/mol. The second-order valence-corrected chi connectivity index (χ2v) is 10.6. The van der Waals surface area contributed by atoms with E-state index in [2.05, 4.69) is 49.8 Å². The van der Waals surface area contributed by atoms with Crippen LogP contribution in [-0.4, -0.2) is 58.0 Å². The second-order valence-electron chi connectivity index (χ2n) is 10.6. The zero-order valence-corrected chi connectivity index (χ0v) is 18.5. The van der Waals surface area contributed by atoms with Crippen molar-refractivity contribution in [2.75, 3.05) is 32.7 Å². The number of benzene rings is 1. The van der Waals surface area contributed by atoms with Gasteiger partial charge >= 0.3 is 0 Å². The number of hydrogen-bond donors (Lipinski definition) is 0. The minimum absolute atomic E-state index is 0.0122. The molecule has 2 heterocycles. The molecule has 2 aromatic rings. The summed E-state index contributed by atoms with van der Waals surface area (Å²) in [6, 6.07) is 10.4. The summed E-state index contributed by atoms with van der Waals surface area (Å²) in [7, 11) is 0. The van der Waals surface area contributed by atoms with Crippen LogP contribution in [0.4, 0.5) is 0 Å². The predicted octanol–water partition coefficient (Wildman–Crippen LogP) is 3.91. The van der Waals surface area contributed by atoms with E-state index in [-0.39, 0.29) is 5.41 Å². The Hall–Kier alpha value is -2.14. The predicted molar refractivity (Wildman–Crippen MR) is 121 cm³/mol. The minimum Gasteiger partial charge on any atom is -0.340 e. The standard InChI is InChI=1S/C26H34N4O/c31-25(26-17-20-14-21(18-26)16-22(15-20)19-26)30-12-9-28(10-13-30)8-11-29-7-6-27-24(29)23-4-2-1-3-5-23/h1-7,20-22H,8-19H2. The van der Waals surface area contributed by atoms with Crippen LogP contribution in [0.25, 0.3) is 11.4 Å². The molecule has 5 nitrogen and oxygen atoms in total. The van der Waals surface area contributed by atoms with Crippen molar-refractivity contribution in [3.8, 4) is 11.4 Å². The van der Waals surface area contributed by atoms with Crippen LogP contribution in [0.2, 0.25) is 0 Å². The molecule has 164 valence electrons. The van der Waals surface area contributed by atoms with Crippen molar-refractivity contribution in [2.24, 2.45) is 23.2 Å². The summed E-state index contributed by atoms with van der Waals surface area (Å²) in [5.74, 6) is 4.06. The molecule has 4 aliphatic carbocycles. The number of hydrogen-bond acceptors (Lipinski definition) is 3. The van der Waals surface area contributed by atoms with E-state index < -0.39 is 0 Å². The Kier molecular flexibility index (Phi) is 4.90. The molecule has 31 heavy (non-hydrogen) atoms. The third kappa shape index (κ3) is 3.61. The van der Waals surface area contributed by atoms with Crippen molar-refractivity contribution in [1.29, 1.82) is 0 Å². The molecule has 7 rings (SSSR count). The summed E-state index contributed by atoms with van der Waals surface area (Å²) >= 11 is 0. The molecule has 4 bridgehead atoms. The lowest BCUT2D eigenvalue weighted by atomic mass is 9.49. The van der Waals surface area contributed by atoms with Gasteiger partial charge in [0, 0.05) is 57.2 Å². The minimum atomic E-state index is 0.0122. The Morgan fingerprint density at radius 3 is 2.19 bits per heavy atom. The van der Waals surface area contributed by atoms with E-state index >= 15 is 0 Å². The molecule has 1 aliphatic heterocycles. The van der Waals surface area contributed by atoms with Gasteiger partial charge in [0.25, 0.3) is 0 Å². The van der Waals surface area contributed by atoms with Crippen LogP contribution in [0.15, 0.2) is 42.7 Å².